The highest BCUT2D eigenvalue weighted by Crippen LogP contribution is 2.33. The van der Waals surface area contributed by atoms with Gasteiger partial charge in [-0.1, -0.05) is 36.2 Å². The highest BCUT2D eigenvalue weighted by atomic mass is 35.5. The van der Waals surface area contributed by atoms with Crippen LogP contribution in [0, 0.1) is 11.3 Å². The van der Waals surface area contributed by atoms with Crippen LogP contribution in [0.5, 0.6) is 0 Å². The van der Waals surface area contributed by atoms with E-state index in [1.165, 1.54) is 0 Å². The third kappa shape index (κ3) is 2.64. The molecule has 0 saturated carbocycles. The van der Waals surface area contributed by atoms with Gasteiger partial charge in [-0.05, 0) is 30.0 Å². The molecule has 0 aromatic heterocycles. The minimum atomic E-state index is 0.232. The lowest BCUT2D eigenvalue weighted by atomic mass is 9.96. The van der Waals surface area contributed by atoms with E-state index in [0.29, 0.717) is 16.5 Å². The summed E-state index contributed by atoms with van der Waals surface area (Å²) in [5.74, 6) is 0.232. The second-order valence-corrected chi connectivity index (χ2v) is 4.05. The minimum Gasteiger partial charge on any atom is -0.198 e. The van der Waals surface area contributed by atoms with Gasteiger partial charge < -0.3 is 0 Å². The molecule has 0 amide bonds. The fourth-order valence-corrected chi connectivity index (χ4v) is 2.18. The van der Waals surface area contributed by atoms with Gasteiger partial charge in [0.2, 0.25) is 0 Å². The zero-order valence-electron chi connectivity index (χ0n) is 7.93. The van der Waals surface area contributed by atoms with Crippen molar-refractivity contribution in [3.05, 3.63) is 33.8 Å². The second-order valence-electron chi connectivity index (χ2n) is 3.23. The largest absolute Gasteiger partial charge is 0.198 e. The molecule has 0 spiro atoms. The molecule has 3 heteroatoms. The molecule has 0 aliphatic heterocycles. The van der Waals surface area contributed by atoms with Crippen molar-refractivity contribution in [3.63, 3.8) is 0 Å². The normalized spacial score (nSPS) is 12.1. The van der Waals surface area contributed by atoms with Crippen LogP contribution >= 0.6 is 23.2 Å². The lowest BCUT2D eigenvalue weighted by Crippen LogP contribution is -1.95. The summed E-state index contributed by atoms with van der Waals surface area (Å²) in [7, 11) is 0. The Morgan fingerprint density at radius 1 is 1.36 bits per heavy atom. The first-order valence-electron chi connectivity index (χ1n) is 4.47. The van der Waals surface area contributed by atoms with Crippen molar-refractivity contribution in [1.82, 2.24) is 0 Å². The zero-order valence-corrected chi connectivity index (χ0v) is 9.44. The van der Waals surface area contributed by atoms with E-state index in [1.807, 2.05) is 25.1 Å². The lowest BCUT2D eigenvalue weighted by molar-refractivity contribution is 0.696. The van der Waals surface area contributed by atoms with Crippen LogP contribution in [0.2, 0.25) is 10.0 Å². The number of halogens is 2. The van der Waals surface area contributed by atoms with Crippen LogP contribution in [-0.2, 0) is 0 Å². The van der Waals surface area contributed by atoms with Crippen molar-refractivity contribution in [2.75, 3.05) is 0 Å². The molecule has 0 saturated heterocycles. The molecule has 0 heterocycles. The van der Waals surface area contributed by atoms with E-state index in [1.54, 1.807) is 0 Å². The van der Waals surface area contributed by atoms with Crippen molar-refractivity contribution in [1.29, 1.82) is 5.26 Å². The Morgan fingerprint density at radius 3 is 2.43 bits per heavy atom. The molecule has 1 aromatic rings. The maximum atomic E-state index is 8.48. The van der Waals surface area contributed by atoms with Gasteiger partial charge in [-0.2, -0.15) is 5.26 Å². The number of nitrogens with zero attached hydrogens (tertiary/aromatic N) is 1. The predicted octanol–water partition coefficient (Wildman–Crippen LogP) is 4.40. The Labute approximate surface area is 94.3 Å². The number of hydrogen-bond acceptors (Lipinski definition) is 1. The first kappa shape index (κ1) is 11.4. The average Bonchev–Trinajstić information content (AvgIpc) is 2.14. The summed E-state index contributed by atoms with van der Waals surface area (Å²) in [4.78, 5) is 0. The SMILES string of the molecule is CC(CCC#N)c1c(Cl)cccc1Cl. The van der Waals surface area contributed by atoms with Gasteiger partial charge in [-0.15, -0.1) is 0 Å². The van der Waals surface area contributed by atoms with E-state index in [0.717, 1.165) is 12.0 Å². The quantitative estimate of drug-likeness (QED) is 0.752. The molecule has 0 radical (unpaired) electrons. The standard InChI is InChI=1S/C11H11Cl2N/c1-8(4-3-7-14)11-9(12)5-2-6-10(11)13/h2,5-6,8H,3-4H2,1H3. The van der Waals surface area contributed by atoms with Crippen LogP contribution in [0.15, 0.2) is 18.2 Å². The zero-order chi connectivity index (χ0) is 10.6. The van der Waals surface area contributed by atoms with Gasteiger partial charge in [-0.3, -0.25) is 0 Å². The Kier molecular flexibility index (Phi) is 4.25. The van der Waals surface area contributed by atoms with E-state index in [4.69, 9.17) is 28.5 Å². The fourth-order valence-electron chi connectivity index (χ4n) is 1.41. The monoisotopic (exact) mass is 227 g/mol. The summed E-state index contributed by atoms with van der Waals surface area (Å²) in [5, 5.41) is 9.85. The molecule has 74 valence electrons. The summed E-state index contributed by atoms with van der Waals surface area (Å²) in [6, 6.07) is 7.60. The number of nitriles is 1. The summed E-state index contributed by atoms with van der Waals surface area (Å²) < 4.78 is 0. The number of hydrogen-bond donors (Lipinski definition) is 0. The molecule has 0 N–H and O–H groups in total. The minimum absolute atomic E-state index is 0.232. The lowest BCUT2D eigenvalue weighted by Gasteiger charge is -2.13. The van der Waals surface area contributed by atoms with Crippen molar-refractivity contribution < 1.29 is 0 Å². The summed E-state index contributed by atoms with van der Waals surface area (Å²) in [5.41, 5.74) is 0.950. The topological polar surface area (TPSA) is 23.8 Å². The molecule has 0 aliphatic carbocycles. The van der Waals surface area contributed by atoms with E-state index in [-0.39, 0.29) is 5.92 Å². The Hall–Kier alpha value is -0.710. The van der Waals surface area contributed by atoms with Gasteiger partial charge in [0.15, 0.2) is 0 Å². The molecular weight excluding hydrogens is 217 g/mol. The first-order valence-corrected chi connectivity index (χ1v) is 5.23. The highest BCUT2D eigenvalue weighted by molar-refractivity contribution is 6.36. The fraction of sp³-hybridized carbons (Fsp3) is 0.364. The molecule has 0 fully saturated rings. The molecule has 1 aromatic carbocycles. The third-order valence-corrected chi connectivity index (χ3v) is 2.84. The van der Waals surface area contributed by atoms with E-state index < -0.39 is 0 Å². The van der Waals surface area contributed by atoms with Crippen molar-refractivity contribution in [2.45, 2.75) is 25.7 Å². The van der Waals surface area contributed by atoms with Crippen molar-refractivity contribution in [2.24, 2.45) is 0 Å². The summed E-state index contributed by atoms with van der Waals surface area (Å²) in [6.45, 7) is 2.03. The highest BCUT2D eigenvalue weighted by Gasteiger charge is 2.12. The maximum absolute atomic E-state index is 8.48. The predicted molar refractivity (Wildman–Crippen MR) is 59.7 cm³/mol. The summed E-state index contributed by atoms with van der Waals surface area (Å²) >= 11 is 12.1. The Bertz CT molecular complexity index is 335. The van der Waals surface area contributed by atoms with Gasteiger partial charge in [0.25, 0.3) is 0 Å². The molecule has 1 unspecified atom stereocenters. The van der Waals surface area contributed by atoms with Crippen LogP contribution in [-0.4, -0.2) is 0 Å². The molecule has 0 aliphatic rings. The molecular formula is C11H11Cl2N. The van der Waals surface area contributed by atoms with Gasteiger partial charge >= 0.3 is 0 Å². The van der Waals surface area contributed by atoms with E-state index in [2.05, 4.69) is 6.07 Å². The number of benzene rings is 1. The van der Waals surface area contributed by atoms with Crippen LogP contribution in [0.3, 0.4) is 0 Å². The van der Waals surface area contributed by atoms with E-state index in [9.17, 15) is 0 Å². The maximum Gasteiger partial charge on any atom is 0.0621 e. The van der Waals surface area contributed by atoms with Gasteiger partial charge in [0, 0.05) is 16.5 Å². The molecule has 0 bridgehead atoms. The van der Waals surface area contributed by atoms with Crippen LogP contribution in [0.1, 0.15) is 31.2 Å². The van der Waals surface area contributed by atoms with E-state index >= 15 is 0 Å². The Balaban J connectivity index is 2.89. The van der Waals surface area contributed by atoms with Crippen LogP contribution in [0.4, 0.5) is 0 Å². The third-order valence-electron chi connectivity index (χ3n) is 2.18. The second kappa shape index (κ2) is 5.24. The first-order chi connectivity index (χ1) is 6.66. The van der Waals surface area contributed by atoms with Crippen LogP contribution < -0.4 is 0 Å². The smallest absolute Gasteiger partial charge is 0.0621 e. The van der Waals surface area contributed by atoms with Crippen molar-refractivity contribution in [3.8, 4) is 6.07 Å². The number of rotatable bonds is 3. The van der Waals surface area contributed by atoms with Gasteiger partial charge in [0.05, 0.1) is 6.07 Å². The van der Waals surface area contributed by atoms with Gasteiger partial charge in [0.1, 0.15) is 0 Å². The summed E-state index contributed by atoms with van der Waals surface area (Å²) in [6.07, 6.45) is 1.32. The average molecular weight is 228 g/mol. The Morgan fingerprint density at radius 2 is 1.93 bits per heavy atom. The van der Waals surface area contributed by atoms with Crippen molar-refractivity contribution >= 4 is 23.2 Å². The molecule has 14 heavy (non-hydrogen) atoms. The molecule has 1 atom stereocenters. The molecule has 1 nitrogen and oxygen atoms in total. The van der Waals surface area contributed by atoms with Gasteiger partial charge in [-0.25, -0.2) is 0 Å². The molecule has 1 rings (SSSR count). The van der Waals surface area contributed by atoms with Crippen LogP contribution in [0.25, 0.3) is 0 Å².